The average Bonchev–Trinajstić information content (AvgIpc) is 2.70. The van der Waals surface area contributed by atoms with Crippen molar-refractivity contribution in [1.29, 1.82) is 0 Å². The molecule has 2 aromatic rings. The molecule has 0 aliphatic carbocycles. The number of benzene rings is 1. The number of H-pyrrole nitrogens is 1. The zero-order valence-corrected chi connectivity index (χ0v) is 12.7. The molecular formula is C13H17N3OS2. The van der Waals surface area contributed by atoms with Gasteiger partial charge in [0.25, 0.3) is 0 Å². The van der Waals surface area contributed by atoms with Crippen molar-refractivity contribution in [2.75, 3.05) is 19.8 Å². The highest BCUT2D eigenvalue weighted by molar-refractivity contribution is 8.22. The van der Waals surface area contributed by atoms with Gasteiger partial charge in [0.1, 0.15) is 4.32 Å². The molecule has 0 atom stereocenters. The van der Waals surface area contributed by atoms with E-state index in [0.717, 1.165) is 27.5 Å². The molecule has 0 amide bonds. The Kier molecular flexibility index (Phi) is 4.66. The fraction of sp³-hybridized carbons (Fsp3) is 0.385. The van der Waals surface area contributed by atoms with E-state index in [4.69, 9.17) is 12.2 Å². The fourth-order valence-electron chi connectivity index (χ4n) is 1.84. The number of imidazole rings is 1. The summed E-state index contributed by atoms with van der Waals surface area (Å²) < 4.78 is 2.67. The lowest BCUT2D eigenvalue weighted by Crippen LogP contribution is -2.18. The number of aromatic nitrogens is 2. The molecule has 6 heteroatoms. The number of fused-ring (bicyclic) bond motifs is 1. The van der Waals surface area contributed by atoms with Gasteiger partial charge in [-0.25, -0.2) is 4.79 Å². The van der Waals surface area contributed by atoms with Crippen LogP contribution in [0.4, 0.5) is 0 Å². The van der Waals surface area contributed by atoms with Crippen molar-refractivity contribution in [2.45, 2.75) is 13.0 Å². The second-order valence-corrected chi connectivity index (χ2v) is 6.19. The van der Waals surface area contributed by atoms with Crippen LogP contribution in [0.15, 0.2) is 29.1 Å². The van der Waals surface area contributed by atoms with Gasteiger partial charge in [-0.2, -0.15) is 0 Å². The van der Waals surface area contributed by atoms with E-state index in [0.29, 0.717) is 6.54 Å². The molecule has 2 rings (SSSR count). The first-order valence-corrected chi connectivity index (χ1v) is 7.50. The molecule has 102 valence electrons. The highest BCUT2D eigenvalue weighted by Gasteiger charge is 2.06. The quantitative estimate of drug-likeness (QED) is 0.694. The molecule has 1 heterocycles. The zero-order valence-electron chi connectivity index (χ0n) is 11.0. The van der Waals surface area contributed by atoms with E-state index in [-0.39, 0.29) is 5.69 Å². The molecule has 1 aromatic carbocycles. The molecule has 0 bridgehead atoms. The number of thiocarbonyl (C=S) groups is 1. The van der Waals surface area contributed by atoms with Gasteiger partial charge in [-0.3, -0.25) is 4.57 Å². The first kappa shape index (κ1) is 14.1. The second-order valence-electron chi connectivity index (χ2n) is 4.46. The zero-order chi connectivity index (χ0) is 13.8. The van der Waals surface area contributed by atoms with Crippen LogP contribution in [-0.2, 0) is 6.54 Å². The van der Waals surface area contributed by atoms with E-state index in [9.17, 15) is 4.79 Å². The number of thioether (sulfide) groups is 1. The third-order valence-electron chi connectivity index (χ3n) is 2.80. The highest BCUT2D eigenvalue weighted by Crippen LogP contribution is 2.12. The smallest absolute Gasteiger partial charge is 0.326 e. The van der Waals surface area contributed by atoms with Crippen LogP contribution in [0.5, 0.6) is 0 Å². The Morgan fingerprint density at radius 1 is 1.42 bits per heavy atom. The van der Waals surface area contributed by atoms with Crippen LogP contribution in [0.3, 0.4) is 0 Å². The first-order valence-electron chi connectivity index (χ1n) is 6.11. The topological polar surface area (TPSA) is 41.0 Å². The number of nitrogens with one attached hydrogen (secondary N) is 1. The molecule has 0 unspecified atom stereocenters. The molecule has 0 radical (unpaired) electrons. The van der Waals surface area contributed by atoms with Gasteiger partial charge in [-0.1, -0.05) is 36.1 Å². The summed E-state index contributed by atoms with van der Waals surface area (Å²) in [6.45, 7) is 0.714. The summed E-state index contributed by atoms with van der Waals surface area (Å²) in [5.41, 5.74) is 1.82. The highest BCUT2D eigenvalue weighted by atomic mass is 32.2. The summed E-state index contributed by atoms with van der Waals surface area (Å²) in [4.78, 5) is 16.6. The summed E-state index contributed by atoms with van der Waals surface area (Å²) in [6.07, 6.45) is 0.917. The van der Waals surface area contributed by atoms with Crippen LogP contribution in [0.2, 0.25) is 0 Å². The molecule has 0 spiro atoms. The summed E-state index contributed by atoms with van der Waals surface area (Å²) >= 11 is 6.86. The van der Waals surface area contributed by atoms with Crippen molar-refractivity contribution >= 4 is 39.3 Å². The Morgan fingerprint density at radius 3 is 2.89 bits per heavy atom. The van der Waals surface area contributed by atoms with Crippen LogP contribution >= 0.6 is 24.0 Å². The molecule has 1 N–H and O–H groups in total. The SMILES string of the molecule is CN(C)C(=S)SCCCn1c(=O)[nH]c2ccccc21. The second kappa shape index (κ2) is 6.25. The van der Waals surface area contributed by atoms with E-state index >= 15 is 0 Å². The molecule has 0 aliphatic heterocycles. The lowest BCUT2D eigenvalue weighted by molar-refractivity contribution is 0.647. The molecule has 1 aromatic heterocycles. The van der Waals surface area contributed by atoms with Crippen molar-refractivity contribution in [3.05, 3.63) is 34.7 Å². The maximum Gasteiger partial charge on any atom is 0.326 e. The van der Waals surface area contributed by atoms with Gasteiger partial charge in [0.05, 0.1) is 11.0 Å². The summed E-state index contributed by atoms with van der Waals surface area (Å²) in [5.74, 6) is 0.920. The van der Waals surface area contributed by atoms with Gasteiger partial charge in [0.2, 0.25) is 0 Å². The molecule has 0 fully saturated rings. The predicted octanol–water partition coefficient (Wildman–Crippen LogP) is 2.30. The van der Waals surface area contributed by atoms with Crippen LogP contribution in [0.1, 0.15) is 6.42 Å². The van der Waals surface area contributed by atoms with E-state index in [1.54, 1.807) is 16.3 Å². The minimum Gasteiger partial charge on any atom is -0.364 e. The Morgan fingerprint density at radius 2 is 2.16 bits per heavy atom. The number of nitrogens with zero attached hydrogens (tertiary/aromatic N) is 2. The number of aromatic amines is 1. The lowest BCUT2D eigenvalue weighted by atomic mass is 10.3. The van der Waals surface area contributed by atoms with Crippen LogP contribution < -0.4 is 5.69 Å². The van der Waals surface area contributed by atoms with Crippen molar-refractivity contribution in [1.82, 2.24) is 14.5 Å². The Bertz CT molecular complexity index is 630. The molecule has 4 nitrogen and oxygen atoms in total. The van der Waals surface area contributed by atoms with Gasteiger partial charge < -0.3 is 9.88 Å². The third-order valence-corrected chi connectivity index (χ3v) is 4.62. The minimum atomic E-state index is -0.0404. The predicted molar refractivity (Wildman–Crippen MR) is 85.9 cm³/mol. The average molecular weight is 295 g/mol. The maximum absolute atomic E-state index is 11.8. The largest absolute Gasteiger partial charge is 0.364 e. The number of hydrogen-bond acceptors (Lipinski definition) is 3. The summed E-state index contributed by atoms with van der Waals surface area (Å²) in [5, 5.41) is 0. The Hall–Kier alpha value is -1.27. The molecular weight excluding hydrogens is 278 g/mol. The van der Waals surface area contributed by atoms with E-state index in [1.165, 1.54) is 0 Å². The third kappa shape index (κ3) is 3.39. The van der Waals surface area contributed by atoms with Crippen molar-refractivity contribution in [2.24, 2.45) is 0 Å². The van der Waals surface area contributed by atoms with E-state index in [2.05, 4.69) is 4.98 Å². The number of aryl methyl sites for hydroxylation is 1. The minimum absolute atomic E-state index is 0.0404. The number of para-hydroxylation sites is 2. The molecule has 0 aliphatic rings. The van der Waals surface area contributed by atoms with Gasteiger partial charge in [0.15, 0.2) is 0 Å². The molecule has 0 saturated heterocycles. The van der Waals surface area contributed by atoms with Crippen molar-refractivity contribution < 1.29 is 0 Å². The number of hydrogen-bond donors (Lipinski definition) is 1. The molecule has 0 saturated carbocycles. The Balaban J connectivity index is 1.97. The van der Waals surface area contributed by atoms with Gasteiger partial charge in [-0.15, -0.1) is 0 Å². The number of rotatable bonds is 4. The van der Waals surface area contributed by atoms with E-state index in [1.807, 2.05) is 43.3 Å². The van der Waals surface area contributed by atoms with Crippen molar-refractivity contribution in [3.8, 4) is 0 Å². The Labute approximate surface area is 121 Å². The van der Waals surface area contributed by atoms with Crippen molar-refractivity contribution in [3.63, 3.8) is 0 Å². The standard InChI is InChI=1S/C13H17N3OS2/c1-15(2)13(18)19-9-5-8-16-11-7-4-3-6-10(11)14-12(16)17/h3-4,6-7H,5,8-9H2,1-2H3,(H,14,17). The monoisotopic (exact) mass is 295 g/mol. The van der Waals surface area contributed by atoms with Gasteiger partial charge in [0, 0.05) is 26.4 Å². The lowest BCUT2D eigenvalue weighted by Gasteiger charge is -2.12. The summed E-state index contributed by atoms with van der Waals surface area (Å²) in [6, 6.07) is 7.75. The normalized spacial score (nSPS) is 10.8. The first-order chi connectivity index (χ1) is 9.09. The van der Waals surface area contributed by atoms with E-state index < -0.39 is 0 Å². The maximum atomic E-state index is 11.8. The van der Waals surface area contributed by atoms with Crippen LogP contribution in [0, 0.1) is 0 Å². The fourth-order valence-corrected chi connectivity index (χ4v) is 2.80. The van der Waals surface area contributed by atoms with Crippen LogP contribution in [-0.4, -0.2) is 38.6 Å². The van der Waals surface area contributed by atoms with Crippen LogP contribution in [0.25, 0.3) is 11.0 Å². The van der Waals surface area contributed by atoms with Gasteiger partial charge >= 0.3 is 5.69 Å². The molecule has 19 heavy (non-hydrogen) atoms. The summed E-state index contributed by atoms with van der Waals surface area (Å²) in [7, 11) is 3.89. The van der Waals surface area contributed by atoms with Gasteiger partial charge in [-0.05, 0) is 18.6 Å².